The second-order valence-electron chi connectivity index (χ2n) is 5.01. The van der Waals surface area contributed by atoms with Gasteiger partial charge in [0.2, 0.25) is 0 Å². The van der Waals surface area contributed by atoms with Crippen LogP contribution in [0.15, 0.2) is 48.5 Å². The smallest absolute Gasteiger partial charge is 0.283 e. The summed E-state index contributed by atoms with van der Waals surface area (Å²) in [6.45, 7) is 0.166. The lowest BCUT2D eigenvalue weighted by molar-refractivity contribution is -0.124. The molecule has 0 fully saturated rings. The number of rotatable bonds is 3. The molecular weight excluding hydrogens is 302 g/mol. The van der Waals surface area contributed by atoms with Gasteiger partial charge in [0.05, 0.1) is 5.56 Å². The molecule has 0 atom stereocenters. The van der Waals surface area contributed by atoms with E-state index in [0.717, 1.165) is 10.5 Å². The molecule has 110 valence electrons. The first kappa shape index (κ1) is 14.5. The van der Waals surface area contributed by atoms with E-state index in [1.807, 2.05) is 12.1 Å². The third-order valence-electron chi connectivity index (χ3n) is 3.62. The van der Waals surface area contributed by atoms with Crippen LogP contribution in [0.5, 0.6) is 0 Å². The Morgan fingerprint density at radius 1 is 0.818 bits per heavy atom. The molecule has 0 aromatic heterocycles. The Hall–Kier alpha value is -2.46. The molecule has 1 aliphatic heterocycles. The number of benzene rings is 2. The predicted molar refractivity (Wildman–Crippen MR) is 82.0 cm³/mol. The van der Waals surface area contributed by atoms with E-state index in [4.69, 9.17) is 11.6 Å². The molecule has 0 saturated carbocycles. The van der Waals surface area contributed by atoms with Gasteiger partial charge >= 0.3 is 5.91 Å². The number of carbonyl (C=O) groups is 3. The van der Waals surface area contributed by atoms with Gasteiger partial charge in [-0.3, -0.25) is 19.3 Å². The number of ketones is 1. The van der Waals surface area contributed by atoms with Gasteiger partial charge in [-0.05, 0) is 30.2 Å². The van der Waals surface area contributed by atoms with E-state index in [-0.39, 0.29) is 17.7 Å². The van der Waals surface area contributed by atoms with Crippen molar-refractivity contribution in [2.24, 2.45) is 0 Å². The molecule has 2 aromatic rings. The standard InChI is InChI=1S/C17H12ClNO3/c18-12-7-5-11(6-8-12)9-10-19-16(21)14-4-2-1-3-13(14)15(20)17(19)22/h1-8H,9-10H2. The number of Topliss-reactive ketones (excluding diaryl/α,β-unsaturated/α-hetero) is 1. The number of fused-ring (bicyclic) bond motifs is 1. The second-order valence-corrected chi connectivity index (χ2v) is 5.45. The SMILES string of the molecule is O=C1C(=O)N(CCc2ccc(Cl)cc2)C(=O)c2ccccc21. The third-order valence-corrected chi connectivity index (χ3v) is 3.88. The van der Waals surface area contributed by atoms with Crippen molar-refractivity contribution in [2.75, 3.05) is 6.54 Å². The molecule has 1 aliphatic rings. The van der Waals surface area contributed by atoms with Gasteiger partial charge < -0.3 is 0 Å². The summed E-state index contributed by atoms with van der Waals surface area (Å²) in [5.41, 5.74) is 1.40. The summed E-state index contributed by atoms with van der Waals surface area (Å²) in [4.78, 5) is 37.6. The van der Waals surface area contributed by atoms with Gasteiger partial charge in [-0.15, -0.1) is 0 Å². The van der Waals surface area contributed by atoms with Crippen LogP contribution in [0.1, 0.15) is 26.3 Å². The Bertz CT molecular complexity index is 768. The summed E-state index contributed by atoms with van der Waals surface area (Å²) in [5, 5.41) is 0.623. The zero-order valence-electron chi connectivity index (χ0n) is 11.6. The van der Waals surface area contributed by atoms with Crippen molar-refractivity contribution >= 4 is 29.2 Å². The molecule has 0 unspecified atom stereocenters. The fourth-order valence-corrected chi connectivity index (χ4v) is 2.56. The zero-order chi connectivity index (χ0) is 15.7. The van der Waals surface area contributed by atoms with E-state index in [1.54, 1.807) is 30.3 Å². The van der Waals surface area contributed by atoms with Gasteiger partial charge in [0.25, 0.3) is 11.7 Å². The van der Waals surface area contributed by atoms with Crippen molar-refractivity contribution in [3.05, 3.63) is 70.2 Å². The van der Waals surface area contributed by atoms with Crippen LogP contribution in [0, 0.1) is 0 Å². The van der Waals surface area contributed by atoms with E-state index in [1.165, 1.54) is 6.07 Å². The first-order valence-corrected chi connectivity index (χ1v) is 7.20. The molecule has 0 N–H and O–H groups in total. The second kappa shape index (κ2) is 5.73. The number of halogens is 1. The van der Waals surface area contributed by atoms with Gasteiger partial charge in [-0.2, -0.15) is 0 Å². The van der Waals surface area contributed by atoms with Crippen molar-refractivity contribution in [3.8, 4) is 0 Å². The van der Waals surface area contributed by atoms with E-state index in [0.29, 0.717) is 11.4 Å². The van der Waals surface area contributed by atoms with Crippen molar-refractivity contribution in [1.29, 1.82) is 0 Å². The van der Waals surface area contributed by atoms with Crippen LogP contribution >= 0.6 is 11.6 Å². The number of nitrogens with zero attached hydrogens (tertiary/aromatic N) is 1. The van der Waals surface area contributed by atoms with E-state index >= 15 is 0 Å². The molecule has 3 rings (SSSR count). The highest BCUT2D eigenvalue weighted by molar-refractivity contribution is 6.49. The van der Waals surface area contributed by atoms with Crippen molar-refractivity contribution < 1.29 is 14.4 Å². The maximum absolute atomic E-state index is 12.4. The fourth-order valence-electron chi connectivity index (χ4n) is 2.44. The van der Waals surface area contributed by atoms with Crippen LogP contribution in [0.2, 0.25) is 5.02 Å². The normalized spacial score (nSPS) is 14.2. The predicted octanol–water partition coefficient (Wildman–Crippen LogP) is 2.75. The molecule has 4 nitrogen and oxygen atoms in total. The quantitative estimate of drug-likeness (QED) is 0.647. The maximum atomic E-state index is 12.4. The molecule has 5 heteroatoms. The molecule has 0 spiro atoms. The Kier molecular flexibility index (Phi) is 3.77. The van der Waals surface area contributed by atoms with Gasteiger partial charge in [-0.25, -0.2) is 0 Å². The van der Waals surface area contributed by atoms with Gasteiger partial charge in [0.1, 0.15) is 0 Å². The lowest BCUT2D eigenvalue weighted by Crippen LogP contribution is -2.47. The van der Waals surface area contributed by atoms with E-state index in [2.05, 4.69) is 0 Å². The topological polar surface area (TPSA) is 54.5 Å². The minimum Gasteiger partial charge on any atom is -0.283 e. The Morgan fingerprint density at radius 3 is 2.14 bits per heavy atom. The summed E-state index contributed by atoms with van der Waals surface area (Å²) in [6.07, 6.45) is 0.476. The Labute approximate surface area is 132 Å². The number of carbonyl (C=O) groups excluding carboxylic acids is 3. The molecule has 0 bridgehead atoms. The first-order chi connectivity index (χ1) is 10.6. The van der Waals surface area contributed by atoms with Crippen molar-refractivity contribution in [2.45, 2.75) is 6.42 Å². The third kappa shape index (κ3) is 2.53. The summed E-state index contributed by atoms with van der Waals surface area (Å²) in [7, 11) is 0. The fraction of sp³-hybridized carbons (Fsp3) is 0.118. The van der Waals surface area contributed by atoms with E-state index in [9.17, 15) is 14.4 Å². The largest absolute Gasteiger partial charge is 0.301 e. The minimum atomic E-state index is -0.766. The highest BCUT2D eigenvalue weighted by Gasteiger charge is 2.36. The van der Waals surface area contributed by atoms with Gasteiger partial charge in [0, 0.05) is 17.1 Å². The van der Waals surface area contributed by atoms with Crippen LogP contribution in [0.3, 0.4) is 0 Å². The minimum absolute atomic E-state index is 0.166. The number of imide groups is 1. The Balaban J connectivity index is 1.82. The monoisotopic (exact) mass is 313 g/mol. The Morgan fingerprint density at radius 2 is 1.45 bits per heavy atom. The summed E-state index contributed by atoms with van der Waals surface area (Å²) >= 11 is 5.82. The average Bonchev–Trinajstić information content (AvgIpc) is 2.54. The number of hydrogen-bond donors (Lipinski definition) is 0. The summed E-state index contributed by atoms with van der Waals surface area (Å²) in [6, 6.07) is 13.5. The van der Waals surface area contributed by atoms with Gasteiger partial charge in [0.15, 0.2) is 0 Å². The zero-order valence-corrected chi connectivity index (χ0v) is 12.3. The molecule has 2 aromatic carbocycles. The lowest BCUT2D eigenvalue weighted by Gasteiger charge is -2.25. The van der Waals surface area contributed by atoms with Crippen LogP contribution in [0.4, 0.5) is 0 Å². The molecule has 0 radical (unpaired) electrons. The van der Waals surface area contributed by atoms with Crippen molar-refractivity contribution in [3.63, 3.8) is 0 Å². The average molecular weight is 314 g/mol. The van der Waals surface area contributed by atoms with Crippen LogP contribution in [-0.4, -0.2) is 29.0 Å². The summed E-state index contributed by atoms with van der Waals surface area (Å²) < 4.78 is 0. The molecule has 2 amide bonds. The van der Waals surface area contributed by atoms with Gasteiger partial charge in [-0.1, -0.05) is 41.9 Å². The lowest BCUT2D eigenvalue weighted by atomic mass is 9.97. The molecule has 1 heterocycles. The highest BCUT2D eigenvalue weighted by Crippen LogP contribution is 2.20. The molecule has 22 heavy (non-hydrogen) atoms. The van der Waals surface area contributed by atoms with Crippen LogP contribution in [0.25, 0.3) is 0 Å². The number of amides is 2. The molecule has 0 aliphatic carbocycles. The highest BCUT2D eigenvalue weighted by atomic mass is 35.5. The number of hydrogen-bond acceptors (Lipinski definition) is 3. The van der Waals surface area contributed by atoms with Crippen LogP contribution < -0.4 is 0 Å². The van der Waals surface area contributed by atoms with Crippen LogP contribution in [-0.2, 0) is 11.2 Å². The summed E-state index contributed by atoms with van der Waals surface area (Å²) in [5.74, 6) is -1.82. The first-order valence-electron chi connectivity index (χ1n) is 6.82. The maximum Gasteiger partial charge on any atom is 0.301 e. The molecule has 0 saturated heterocycles. The molecular formula is C17H12ClNO3. The van der Waals surface area contributed by atoms with Crippen molar-refractivity contribution in [1.82, 2.24) is 4.90 Å². The van der Waals surface area contributed by atoms with E-state index < -0.39 is 17.6 Å².